The highest BCUT2D eigenvalue weighted by molar-refractivity contribution is 5.93. The first-order chi connectivity index (χ1) is 9.76. The Kier molecular flexibility index (Phi) is 5.22. The van der Waals surface area contributed by atoms with Crippen LogP contribution in [0.4, 0.5) is 11.4 Å². The number of rotatable bonds is 7. The largest absolute Gasteiger partial charge is 0.399 e. The van der Waals surface area contributed by atoms with Crippen molar-refractivity contribution in [1.29, 1.82) is 0 Å². The van der Waals surface area contributed by atoms with E-state index in [9.17, 15) is 0 Å². The van der Waals surface area contributed by atoms with Crippen LogP contribution in [0.3, 0.4) is 0 Å². The molecule has 0 saturated heterocycles. The van der Waals surface area contributed by atoms with Crippen molar-refractivity contribution >= 4 is 22.3 Å². The molecule has 0 aliphatic heterocycles. The highest BCUT2D eigenvalue weighted by Crippen LogP contribution is 2.27. The monoisotopic (exact) mass is 271 g/mol. The van der Waals surface area contributed by atoms with Crippen LogP contribution in [-0.2, 0) is 0 Å². The minimum absolute atomic E-state index is 0.774. The van der Waals surface area contributed by atoms with Crippen molar-refractivity contribution in [2.24, 2.45) is 0 Å². The van der Waals surface area contributed by atoms with Crippen LogP contribution in [0.5, 0.6) is 0 Å². The van der Waals surface area contributed by atoms with Crippen molar-refractivity contribution < 1.29 is 0 Å². The molecule has 3 nitrogen and oxygen atoms in total. The number of hydrogen-bond donors (Lipinski definition) is 1. The lowest BCUT2D eigenvalue weighted by atomic mass is 10.1. The lowest BCUT2D eigenvalue weighted by molar-refractivity contribution is 0.679. The Morgan fingerprint density at radius 1 is 1.05 bits per heavy atom. The summed E-state index contributed by atoms with van der Waals surface area (Å²) >= 11 is 0. The summed E-state index contributed by atoms with van der Waals surface area (Å²) in [6, 6.07) is 8.14. The highest BCUT2D eigenvalue weighted by atomic mass is 15.1. The van der Waals surface area contributed by atoms with Gasteiger partial charge in [0.25, 0.3) is 0 Å². The third-order valence-corrected chi connectivity index (χ3v) is 3.65. The molecule has 2 rings (SSSR count). The van der Waals surface area contributed by atoms with Crippen LogP contribution < -0.4 is 10.6 Å². The molecule has 108 valence electrons. The molecular formula is C17H25N3. The van der Waals surface area contributed by atoms with Crippen LogP contribution in [-0.4, -0.2) is 18.1 Å². The minimum atomic E-state index is 0.774. The van der Waals surface area contributed by atoms with Gasteiger partial charge in [0.05, 0.1) is 5.52 Å². The van der Waals surface area contributed by atoms with E-state index in [4.69, 9.17) is 5.73 Å². The summed E-state index contributed by atoms with van der Waals surface area (Å²) in [6.45, 7) is 6.70. The third-order valence-electron chi connectivity index (χ3n) is 3.65. The van der Waals surface area contributed by atoms with E-state index >= 15 is 0 Å². The number of nitrogen functional groups attached to an aromatic ring is 1. The molecular weight excluding hydrogens is 246 g/mol. The molecule has 0 radical (unpaired) electrons. The summed E-state index contributed by atoms with van der Waals surface area (Å²) < 4.78 is 0. The number of benzene rings is 1. The number of aromatic nitrogens is 1. The lowest BCUT2D eigenvalue weighted by Crippen LogP contribution is -2.25. The average molecular weight is 271 g/mol. The molecule has 2 N–H and O–H groups in total. The SMILES string of the molecule is CCCCN(CCCC)c1ccnc2cc(N)ccc12. The zero-order valence-corrected chi connectivity index (χ0v) is 12.6. The molecule has 0 aliphatic rings. The second-order valence-corrected chi connectivity index (χ2v) is 5.30. The molecule has 0 fully saturated rings. The van der Waals surface area contributed by atoms with Crippen LogP contribution in [0.1, 0.15) is 39.5 Å². The second kappa shape index (κ2) is 7.13. The summed E-state index contributed by atoms with van der Waals surface area (Å²) in [4.78, 5) is 6.93. The number of pyridine rings is 1. The van der Waals surface area contributed by atoms with Crippen molar-refractivity contribution in [2.75, 3.05) is 23.7 Å². The Morgan fingerprint density at radius 3 is 2.40 bits per heavy atom. The summed E-state index contributed by atoms with van der Waals surface area (Å²) in [5, 5.41) is 1.20. The van der Waals surface area contributed by atoms with Gasteiger partial charge in [-0.25, -0.2) is 0 Å². The number of nitrogens with zero attached hydrogens (tertiary/aromatic N) is 2. The molecule has 0 unspecified atom stereocenters. The topological polar surface area (TPSA) is 42.2 Å². The molecule has 0 aliphatic carbocycles. The van der Waals surface area contributed by atoms with Gasteiger partial charge in [0.1, 0.15) is 0 Å². The molecule has 3 heteroatoms. The molecule has 0 atom stereocenters. The van der Waals surface area contributed by atoms with E-state index in [-0.39, 0.29) is 0 Å². The molecule has 1 heterocycles. The quantitative estimate of drug-likeness (QED) is 0.766. The molecule has 20 heavy (non-hydrogen) atoms. The molecule has 0 bridgehead atoms. The first-order valence-electron chi connectivity index (χ1n) is 7.65. The van der Waals surface area contributed by atoms with E-state index in [0.29, 0.717) is 0 Å². The van der Waals surface area contributed by atoms with Crippen LogP contribution in [0.2, 0.25) is 0 Å². The zero-order chi connectivity index (χ0) is 14.4. The van der Waals surface area contributed by atoms with E-state index in [2.05, 4.69) is 35.9 Å². The molecule has 2 aromatic rings. The molecule has 1 aromatic heterocycles. The van der Waals surface area contributed by atoms with Crippen LogP contribution in [0.25, 0.3) is 10.9 Å². The minimum Gasteiger partial charge on any atom is -0.399 e. The molecule has 1 aromatic carbocycles. The van der Waals surface area contributed by atoms with Gasteiger partial charge >= 0.3 is 0 Å². The smallest absolute Gasteiger partial charge is 0.0743 e. The molecule has 0 spiro atoms. The van der Waals surface area contributed by atoms with E-state index in [1.807, 2.05) is 18.3 Å². The highest BCUT2D eigenvalue weighted by Gasteiger charge is 2.10. The first kappa shape index (κ1) is 14.6. The Morgan fingerprint density at radius 2 is 1.75 bits per heavy atom. The predicted molar refractivity (Wildman–Crippen MR) is 88.2 cm³/mol. The number of unbranched alkanes of at least 4 members (excludes halogenated alkanes) is 2. The van der Waals surface area contributed by atoms with Crippen molar-refractivity contribution in [1.82, 2.24) is 4.98 Å². The standard InChI is InChI=1S/C17H25N3/c1-3-5-11-20(12-6-4-2)17-9-10-19-16-13-14(18)7-8-15(16)17/h7-10,13H,3-6,11-12,18H2,1-2H3. The van der Waals surface area contributed by atoms with Crippen LogP contribution in [0, 0.1) is 0 Å². The van der Waals surface area contributed by atoms with E-state index in [1.165, 1.54) is 36.8 Å². The Bertz CT molecular complexity index is 543. The maximum absolute atomic E-state index is 5.86. The normalized spacial score (nSPS) is 10.9. The molecule has 0 amide bonds. The Labute approximate surface area is 121 Å². The van der Waals surface area contributed by atoms with Crippen LogP contribution in [0.15, 0.2) is 30.5 Å². The summed E-state index contributed by atoms with van der Waals surface area (Å²) in [6.07, 6.45) is 6.78. The number of hydrogen-bond acceptors (Lipinski definition) is 3. The summed E-state index contributed by atoms with van der Waals surface area (Å²) in [5.74, 6) is 0. The maximum atomic E-state index is 5.86. The average Bonchev–Trinajstić information content (AvgIpc) is 2.47. The predicted octanol–water partition coefficient (Wildman–Crippen LogP) is 4.22. The van der Waals surface area contributed by atoms with Crippen LogP contribution >= 0.6 is 0 Å². The van der Waals surface area contributed by atoms with Crippen molar-refractivity contribution in [3.05, 3.63) is 30.5 Å². The van der Waals surface area contributed by atoms with Gasteiger partial charge in [-0.1, -0.05) is 26.7 Å². The van der Waals surface area contributed by atoms with E-state index in [0.717, 1.165) is 24.3 Å². The second-order valence-electron chi connectivity index (χ2n) is 5.30. The van der Waals surface area contributed by atoms with Crippen molar-refractivity contribution in [3.63, 3.8) is 0 Å². The Balaban J connectivity index is 2.35. The van der Waals surface area contributed by atoms with Gasteiger partial charge in [-0.3, -0.25) is 4.98 Å². The van der Waals surface area contributed by atoms with Gasteiger partial charge in [-0.05, 0) is 37.1 Å². The lowest BCUT2D eigenvalue weighted by Gasteiger charge is -2.26. The number of nitrogens with two attached hydrogens (primary N) is 1. The number of anilines is 2. The fourth-order valence-corrected chi connectivity index (χ4v) is 2.48. The summed E-state index contributed by atoms with van der Waals surface area (Å²) in [5.41, 5.74) is 8.91. The van der Waals surface area contributed by atoms with E-state index in [1.54, 1.807) is 0 Å². The number of fused-ring (bicyclic) bond motifs is 1. The molecule has 0 saturated carbocycles. The fourth-order valence-electron chi connectivity index (χ4n) is 2.48. The van der Waals surface area contributed by atoms with E-state index < -0.39 is 0 Å². The van der Waals surface area contributed by atoms with Gasteiger partial charge in [-0.2, -0.15) is 0 Å². The van der Waals surface area contributed by atoms with Gasteiger partial charge < -0.3 is 10.6 Å². The third kappa shape index (κ3) is 3.41. The first-order valence-corrected chi connectivity index (χ1v) is 7.65. The zero-order valence-electron chi connectivity index (χ0n) is 12.6. The van der Waals surface area contributed by atoms with Crippen molar-refractivity contribution in [3.8, 4) is 0 Å². The van der Waals surface area contributed by atoms with Gasteiger partial charge in [0, 0.05) is 36.0 Å². The fraction of sp³-hybridized carbons (Fsp3) is 0.471. The van der Waals surface area contributed by atoms with Gasteiger partial charge in [0.15, 0.2) is 0 Å². The summed E-state index contributed by atoms with van der Waals surface area (Å²) in [7, 11) is 0. The maximum Gasteiger partial charge on any atom is 0.0743 e. The Hall–Kier alpha value is -1.77. The van der Waals surface area contributed by atoms with Crippen molar-refractivity contribution in [2.45, 2.75) is 39.5 Å². The van der Waals surface area contributed by atoms with Gasteiger partial charge in [-0.15, -0.1) is 0 Å². The van der Waals surface area contributed by atoms with Gasteiger partial charge in [0.2, 0.25) is 0 Å².